The number of benzene rings is 1. The molecular weight excluding hydrogens is 471 g/mol. The summed E-state index contributed by atoms with van der Waals surface area (Å²) in [6, 6.07) is 10.4. The van der Waals surface area contributed by atoms with Gasteiger partial charge in [-0.15, -0.1) is 0 Å². The van der Waals surface area contributed by atoms with Crippen LogP contribution in [0.1, 0.15) is 41.4 Å². The molecule has 0 radical (unpaired) electrons. The number of fused-ring (bicyclic) bond motifs is 1. The lowest BCUT2D eigenvalue weighted by Gasteiger charge is -2.39. The number of H-pyrrole nitrogens is 1. The molecule has 2 aliphatic rings. The summed E-state index contributed by atoms with van der Waals surface area (Å²) in [6.07, 6.45) is 1.97. The first kappa shape index (κ1) is 24.3. The molecule has 0 bridgehead atoms. The summed E-state index contributed by atoms with van der Waals surface area (Å²) < 4.78 is 38.6. The fourth-order valence-electron chi connectivity index (χ4n) is 5.40. The number of hydrogen-bond donors (Lipinski definition) is 2. The van der Waals surface area contributed by atoms with Crippen LogP contribution in [0.3, 0.4) is 0 Å². The van der Waals surface area contributed by atoms with Crippen molar-refractivity contribution in [2.45, 2.75) is 37.6 Å². The fourth-order valence-corrected chi connectivity index (χ4v) is 5.40. The largest absolute Gasteiger partial charge is 0.368 e. The third-order valence-corrected chi connectivity index (χ3v) is 7.28. The van der Waals surface area contributed by atoms with Gasteiger partial charge in [-0.2, -0.15) is 0 Å². The van der Waals surface area contributed by atoms with E-state index >= 15 is 0 Å². The van der Waals surface area contributed by atoms with Crippen LogP contribution in [0, 0.1) is 5.82 Å². The van der Waals surface area contributed by atoms with Crippen molar-refractivity contribution in [2.75, 3.05) is 37.6 Å². The van der Waals surface area contributed by atoms with E-state index < -0.39 is 24.7 Å². The Labute approximate surface area is 206 Å². The quantitative estimate of drug-likeness (QED) is 0.543. The van der Waals surface area contributed by atoms with Crippen LogP contribution in [0.2, 0.25) is 0 Å². The maximum absolute atomic E-state index is 14.1. The number of piperazine rings is 1. The SMILES string of the molecule is O=C(NCC(F)F)c1ccc(N2CCN([C@@H]3CC[C@@H](c4cc5cccc(F)c5c(=O)[nH]4)C3)CC2)cn1. The number of hydrogen-bond acceptors (Lipinski definition) is 5. The minimum atomic E-state index is -2.60. The van der Waals surface area contributed by atoms with Crippen LogP contribution in [-0.4, -0.2) is 66.0 Å². The number of carbonyl (C=O) groups is 1. The number of nitrogens with zero attached hydrogens (tertiary/aromatic N) is 3. The van der Waals surface area contributed by atoms with E-state index in [4.69, 9.17) is 0 Å². The lowest BCUT2D eigenvalue weighted by atomic mass is 10.00. The van der Waals surface area contributed by atoms with Crippen molar-refractivity contribution in [3.63, 3.8) is 0 Å². The third kappa shape index (κ3) is 5.09. The van der Waals surface area contributed by atoms with Gasteiger partial charge in [0.1, 0.15) is 11.5 Å². The predicted octanol–water partition coefficient (Wildman–Crippen LogP) is 3.52. The number of anilines is 1. The second-order valence-electron chi connectivity index (χ2n) is 9.45. The highest BCUT2D eigenvalue weighted by Gasteiger charge is 2.32. The first-order valence-corrected chi connectivity index (χ1v) is 12.2. The molecule has 190 valence electrons. The summed E-state index contributed by atoms with van der Waals surface area (Å²) in [5.74, 6) is -0.871. The van der Waals surface area contributed by atoms with Crippen LogP contribution in [-0.2, 0) is 0 Å². The Morgan fingerprint density at radius 3 is 2.67 bits per heavy atom. The van der Waals surface area contributed by atoms with Crippen molar-refractivity contribution in [3.05, 3.63) is 70.2 Å². The van der Waals surface area contributed by atoms with Crippen molar-refractivity contribution in [1.82, 2.24) is 20.2 Å². The van der Waals surface area contributed by atoms with Crippen LogP contribution in [0.5, 0.6) is 0 Å². The van der Waals surface area contributed by atoms with Crippen molar-refractivity contribution >= 4 is 22.4 Å². The molecule has 1 aliphatic heterocycles. The summed E-state index contributed by atoms with van der Waals surface area (Å²) in [7, 11) is 0. The molecule has 0 spiro atoms. The highest BCUT2D eigenvalue weighted by Crippen LogP contribution is 2.37. The van der Waals surface area contributed by atoms with Crippen LogP contribution >= 0.6 is 0 Å². The zero-order valence-electron chi connectivity index (χ0n) is 19.7. The lowest BCUT2D eigenvalue weighted by Crippen LogP contribution is -2.49. The van der Waals surface area contributed by atoms with Gasteiger partial charge in [0, 0.05) is 43.8 Å². The number of rotatable bonds is 6. The standard InChI is InChI=1S/C26H28F3N5O2/c27-20-3-1-2-17-13-22(32-26(36)24(17)20)16-4-5-18(12-16)33-8-10-34(11-9-33)19-6-7-21(30-14-19)25(35)31-15-23(28)29/h1-3,6-7,13-14,16,18,23H,4-5,8-12,15H2,(H,31,35)(H,32,36)/t16-,18-/m1/s1. The van der Waals surface area contributed by atoms with Gasteiger partial charge >= 0.3 is 0 Å². The average molecular weight is 500 g/mol. The Bertz CT molecular complexity index is 1290. The molecule has 1 amide bonds. The zero-order valence-corrected chi connectivity index (χ0v) is 19.7. The Balaban J connectivity index is 1.17. The molecule has 10 heteroatoms. The van der Waals surface area contributed by atoms with E-state index in [0.717, 1.165) is 56.8 Å². The highest BCUT2D eigenvalue weighted by molar-refractivity contribution is 5.92. The predicted molar refractivity (Wildman–Crippen MR) is 131 cm³/mol. The molecular formula is C26H28F3N5O2. The highest BCUT2D eigenvalue weighted by atomic mass is 19.3. The van der Waals surface area contributed by atoms with Gasteiger partial charge in [-0.05, 0) is 48.9 Å². The Kier molecular flexibility index (Phi) is 6.95. The normalized spacial score (nSPS) is 20.8. The molecule has 1 saturated heterocycles. The topological polar surface area (TPSA) is 81.3 Å². The summed E-state index contributed by atoms with van der Waals surface area (Å²) in [5.41, 5.74) is 1.52. The van der Waals surface area contributed by atoms with Gasteiger partial charge in [-0.25, -0.2) is 18.2 Å². The fraction of sp³-hybridized carbons (Fsp3) is 0.423. The number of aromatic amines is 1. The van der Waals surface area contributed by atoms with Crippen LogP contribution < -0.4 is 15.8 Å². The maximum atomic E-state index is 14.1. The summed E-state index contributed by atoms with van der Waals surface area (Å²) in [4.78, 5) is 36.1. The van der Waals surface area contributed by atoms with E-state index in [9.17, 15) is 22.8 Å². The molecule has 0 unspecified atom stereocenters. The number of alkyl halides is 2. The number of amides is 1. The first-order chi connectivity index (χ1) is 17.4. The zero-order chi connectivity index (χ0) is 25.2. The molecule has 3 heterocycles. The minimum absolute atomic E-state index is 0.114. The van der Waals surface area contributed by atoms with Crippen molar-refractivity contribution in [1.29, 1.82) is 0 Å². The minimum Gasteiger partial charge on any atom is -0.368 e. The van der Waals surface area contributed by atoms with Crippen molar-refractivity contribution in [3.8, 4) is 0 Å². The maximum Gasteiger partial charge on any atom is 0.270 e. The van der Waals surface area contributed by atoms with E-state index in [-0.39, 0.29) is 22.6 Å². The van der Waals surface area contributed by atoms with Gasteiger partial charge in [0.25, 0.3) is 17.9 Å². The monoisotopic (exact) mass is 499 g/mol. The van der Waals surface area contributed by atoms with Gasteiger partial charge in [-0.3, -0.25) is 14.5 Å². The number of pyridine rings is 2. The van der Waals surface area contributed by atoms with E-state index in [0.29, 0.717) is 11.4 Å². The van der Waals surface area contributed by atoms with Gasteiger partial charge in [0.15, 0.2) is 0 Å². The van der Waals surface area contributed by atoms with E-state index in [2.05, 4.69) is 25.1 Å². The van der Waals surface area contributed by atoms with E-state index in [1.165, 1.54) is 6.07 Å². The number of aromatic nitrogens is 2. The van der Waals surface area contributed by atoms with E-state index in [1.54, 1.807) is 30.5 Å². The second kappa shape index (κ2) is 10.3. The van der Waals surface area contributed by atoms with Crippen LogP contribution in [0.15, 0.2) is 47.4 Å². The molecule has 5 rings (SSSR count). The molecule has 1 aliphatic carbocycles. The molecule has 3 aromatic rings. The molecule has 1 aromatic carbocycles. The molecule has 36 heavy (non-hydrogen) atoms. The summed E-state index contributed by atoms with van der Waals surface area (Å²) in [6.45, 7) is 2.69. The van der Waals surface area contributed by atoms with Crippen molar-refractivity contribution in [2.24, 2.45) is 0 Å². The Morgan fingerprint density at radius 1 is 1.14 bits per heavy atom. The Hall–Kier alpha value is -3.40. The summed E-state index contributed by atoms with van der Waals surface area (Å²) >= 11 is 0. The molecule has 7 nitrogen and oxygen atoms in total. The number of halogens is 3. The smallest absolute Gasteiger partial charge is 0.270 e. The van der Waals surface area contributed by atoms with Crippen molar-refractivity contribution < 1.29 is 18.0 Å². The van der Waals surface area contributed by atoms with Gasteiger partial charge in [0.05, 0.1) is 23.8 Å². The van der Waals surface area contributed by atoms with Gasteiger partial charge in [-0.1, -0.05) is 12.1 Å². The molecule has 2 N–H and O–H groups in total. The first-order valence-electron chi connectivity index (χ1n) is 12.2. The molecule has 2 atom stereocenters. The summed E-state index contributed by atoms with van der Waals surface area (Å²) in [5, 5.41) is 2.91. The number of carbonyl (C=O) groups excluding carboxylic acids is 1. The molecule has 1 saturated carbocycles. The van der Waals surface area contributed by atoms with Crippen LogP contribution in [0.25, 0.3) is 10.8 Å². The third-order valence-electron chi connectivity index (χ3n) is 7.28. The molecule has 2 aromatic heterocycles. The molecule has 2 fully saturated rings. The van der Waals surface area contributed by atoms with Gasteiger partial charge in [0.2, 0.25) is 0 Å². The van der Waals surface area contributed by atoms with Gasteiger partial charge < -0.3 is 15.2 Å². The Morgan fingerprint density at radius 2 is 1.94 bits per heavy atom. The lowest BCUT2D eigenvalue weighted by molar-refractivity contribution is 0.0887. The van der Waals surface area contributed by atoms with Crippen LogP contribution in [0.4, 0.5) is 18.9 Å². The second-order valence-corrected chi connectivity index (χ2v) is 9.45. The average Bonchev–Trinajstić information content (AvgIpc) is 3.38. The number of nitrogens with one attached hydrogen (secondary N) is 2. The van der Waals surface area contributed by atoms with E-state index in [1.807, 2.05) is 6.07 Å².